The van der Waals surface area contributed by atoms with Gasteiger partial charge in [-0.15, -0.1) is 11.3 Å². The van der Waals surface area contributed by atoms with Crippen molar-refractivity contribution in [3.8, 4) is 0 Å². The number of aryl methyl sites for hydroxylation is 2. The molecular formula is C12H19F3N4S. The Morgan fingerprint density at radius 3 is 2.50 bits per heavy atom. The van der Waals surface area contributed by atoms with Crippen molar-refractivity contribution in [1.82, 2.24) is 15.6 Å². The van der Waals surface area contributed by atoms with Gasteiger partial charge in [0.05, 0.1) is 23.7 Å². The number of nitrogens with zero attached hydrogens (tertiary/aromatic N) is 2. The first-order chi connectivity index (χ1) is 9.31. The van der Waals surface area contributed by atoms with Crippen LogP contribution < -0.4 is 10.6 Å². The van der Waals surface area contributed by atoms with E-state index in [1.54, 1.807) is 11.3 Å². The average molecular weight is 308 g/mol. The molecule has 0 radical (unpaired) electrons. The third kappa shape index (κ3) is 6.23. The minimum absolute atomic E-state index is 0.184. The maximum Gasteiger partial charge on any atom is 0.390 e. The number of aliphatic imine (C=N–C) groups is 1. The molecule has 0 fully saturated rings. The number of aromatic nitrogens is 1. The van der Waals surface area contributed by atoms with Gasteiger partial charge in [0.15, 0.2) is 5.96 Å². The highest BCUT2D eigenvalue weighted by molar-refractivity contribution is 7.11. The summed E-state index contributed by atoms with van der Waals surface area (Å²) >= 11 is 1.55. The predicted molar refractivity (Wildman–Crippen MR) is 75.1 cm³/mol. The fourth-order valence-corrected chi connectivity index (χ4v) is 2.40. The Morgan fingerprint density at radius 2 is 2.00 bits per heavy atom. The summed E-state index contributed by atoms with van der Waals surface area (Å²) in [7, 11) is 0. The first kappa shape index (κ1) is 16.7. The Hall–Kier alpha value is -1.31. The first-order valence-electron chi connectivity index (χ1n) is 6.33. The lowest BCUT2D eigenvalue weighted by Gasteiger charge is -2.12. The van der Waals surface area contributed by atoms with Gasteiger partial charge in [0.2, 0.25) is 0 Å². The molecule has 2 N–H and O–H groups in total. The second-order valence-electron chi connectivity index (χ2n) is 4.23. The Labute approximate surface area is 120 Å². The minimum Gasteiger partial charge on any atom is -0.357 e. The van der Waals surface area contributed by atoms with Crippen LogP contribution in [0, 0.1) is 13.8 Å². The zero-order valence-electron chi connectivity index (χ0n) is 11.8. The largest absolute Gasteiger partial charge is 0.390 e. The van der Waals surface area contributed by atoms with E-state index in [-0.39, 0.29) is 6.54 Å². The Kier molecular flexibility index (Phi) is 6.25. The third-order valence-electron chi connectivity index (χ3n) is 2.43. The van der Waals surface area contributed by atoms with Crippen LogP contribution in [0.15, 0.2) is 4.99 Å². The van der Waals surface area contributed by atoms with Crippen LogP contribution in [-0.2, 0) is 6.54 Å². The van der Waals surface area contributed by atoms with Gasteiger partial charge in [-0.25, -0.2) is 9.98 Å². The van der Waals surface area contributed by atoms with Crippen LogP contribution >= 0.6 is 11.3 Å². The molecule has 0 atom stereocenters. The number of thiazole rings is 1. The van der Waals surface area contributed by atoms with E-state index in [0.717, 1.165) is 15.6 Å². The second-order valence-corrected chi connectivity index (χ2v) is 5.52. The number of halogens is 3. The van der Waals surface area contributed by atoms with Crippen LogP contribution in [0.5, 0.6) is 0 Å². The van der Waals surface area contributed by atoms with Gasteiger partial charge >= 0.3 is 6.18 Å². The highest BCUT2D eigenvalue weighted by atomic mass is 32.1. The maximum atomic E-state index is 12.1. The summed E-state index contributed by atoms with van der Waals surface area (Å²) in [4.78, 5) is 9.59. The first-order valence-corrected chi connectivity index (χ1v) is 7.15. The van der Waals surface area contributed by atoms with Gasteiger partial charge in [-0.05, 0) is 20.8 Å². The zero-order chi connectivity index (χ0) is 15.2. The lowest BCUT2D eigenvalue weighted by molar-refractivity contribution is -0.132. The van der Waals surface area contributed by atoms with Crippen LogP contribution in [0.3, 0.4) is 0 Å². The van der Waals surface area contributed by atoms with E-state index in [2.05, 4.69) is 20.6 Å². The Morgan fingerprint density at radius 1 is 1.30 bits per heavy atom. The molecule has 4 nitrogen and oxygen atoms in total. The van der Waals surface area contributed by atoms with E-state index in [1.807, 2.05) is 20.8 Å². The average Bonchev–Trinajstić information content (AvgIpc) is 2.63. The standard InChI is InChI=1S/C12H19F3N4S/c1-4-16-11(17-6-5-12(13,14)15)18-7-10-8(2)19-9(3)20-10/h4-7H2,1-3H3,(H2,16,17,18). The fraction of sp³-hybridized carbons (Fsp3) is 0.667. The van der Waals surface area contributed by atoms with Crippen molar-refractivity contribution >= 4 is 17.3 Å². The molecule has 0 spiro atoms. The van der Waals surface area contributed by atoms with E-state index >= 15 is 0 Å². The van der Waals surface area contributed by atoms with Crippen LogP contribution in [-0.4, -0.2) is 30.2 Å². The molecule has 0 bridgehead atoms. The molecule has 114 valence electrons. The summed E-state index contributed by atoms with van der Waals surface area (Å²) in [5.41, 5.74) is 0.919. The molecule has 0 amide bonds. The number of guanidine groups is 1. The topological polar surface area (TPSA) is 49.3 Å². The number of hydrogen-bond acceptors (Lipinski definition) is 3. The van der Waals surface area contributed by atoms with Crippen molar-refractivity contribution in [3.63, 3.8) is 0 Å². The van der Waals surface area contributed by atoms with E-state index in [4.69, 9.17) is 0 Å². The summed E-state index contributed by atoms with van der Waals surface area (Å²) in [5.74, 6) is 0.391. The fourth-order valence-electron chi connectivity index (χ4n) is 1.54. The predicted octanol–water partition coefficient (Wildman–Crippen LogP) is 2.77. The molecule has 0 aromatic carbocycles. The molecule has 1 aromatic rings. The highest BCUT2D eigenvalue weighted by Crippen LogP contribution is 2.19. The monoisotopic (exact) mass is 308 g/mol. The summed E-state index contributed by atoms with van der Waals surface area (Å²) in [6.07, 6.45) is -5.04. The number of hydrogen-bond donors (Lipinski definition) is 2. The summed E-state index contributed by atoms with van der Waals surface area (Å²) in [5, 5.41) is 6.56. The smallest absolute Gasteiger partial charge is 0.357 e. The van der Waals surface area contributed by atoms with Crippen molar-refractivity contribution < 1.29 is 13.2 Å². The van der Waals surface area contributed by atoms with E-state index in [0.29, 0.717) is 19.0 Å². The lowest BCUT2D eigenvalue weighted by Crippen LogP contribution is -2.38. The van der Waals surface area contributed by atoms with Crippen molar-refractivity contribution in [2.45, 2.75) is 39.9 Å². The minimum atomic E-state index is -4.16. The zero-order valence-corrected chi connectivity index (χ0v) is 12.6. The van der Waals surface area contributed by atoms with Gasteiger partial charge in [0, 0.05) is 18.0 Å². The molecule has 0 saturated heterocycles. The van der Waals surface area contributed by atoms with Crippen molar-refractivity contribution in [2.75, 3.05) is 13.1 Å². The molecule has 0 aliphatic heterocycles. The molecule has 1 rings (SSSR count). The maximum absolute atomic E-state index is 12.1. The van der Waals surface area contributed by atoms with Gasteiger partial charge < -0.3 is 10.6 Å². The second kappa shape index (κ2) is 7.47. The quantitative estimate of drug-likeness (QED) is 0.649. The Bertz CT molecular complexity index is 454. The molecule has 0 aliphatic rings. The molecular weight excluding hydrogens is 289 g/mol. The van der Waals surface area contributed by atoms with Crippen molar-refractivity contribution in [3.05, 3.63) is 15.6 Å². The normalized spacial score (nSPS) is 12.6. The van der Waals surface area contributed by atoms with Crippen molar-refractivity contribution in [2.24, 2.45) is 4.99 Å². The van der Waals surface area contributed by atoms with Crippen molar-refractivity contribution in [1.29, 1.82) is 0 Å². The molecule has 1 aromatic heterocycles. The summed E-state index contributed by atoms with van der Waals surface area (Å²) in [6, 6.07) is 0. The van der Waals surface area contributed by atoms with Crippen LogP contribution in [0.2, 0.25) is 0 Å². The van der Waals surface area contributed by atoms with Crippen LogP contribution in [0.25, 0.3) is 0 Å². The molecule has 0 aliphatic carbocycles. The van der Waals surface area contributed by atoms with Gasteiger partial charge in [0.25, 0.3) is 0 Å². The van der Waals surface area contributed by atoms with Crippen LogP contribution in [0.4, 0.5) is 13.2 Å². The van der Waals surface area contributed by atoms with E-state index in [9.17, 15) is 13.2 Å². The van der Waals surface area contributed by atoms with E-state index in [1.165, 1.54) is 0 Å². The molecule has 1 heterocycles. The van der Waals surface area contributed by atoms with Gasteiger partial charge in [0.1, 0.15) is 0 Å². The number of rotatable bonds is 5. The lowest BCUT2D eigenvalue weighted by atomic mass is 10.4. The van der Waals surface area contributed by atoms with Gasteiger partial charge in [-0.1, -0.05) is 0 Å². The van der Waals surface area contributed by atoms with E-state index < -0.39 is 12.6 Å². The molecule has 20 heavy (non-hydrogen) atoms. The van der Waals surface area contributed by atoms with Crippen LogP contribution in [0.1, 0.15) is 28.9 Å². The third-order valence-corrected chi connectivity index (χ3v) is 3.48. The summed E-state index contributed by atoms with van der Waals surface area (Å²) < 4.78 is 36.3. The molecule has 0 saturated carbocycles. The summed E-state index contributed by atoms with van der Waals surface area (Å²) in [6.45, 7) is 6.51. The number of nitrogens with one attached hydrogen (secondary N) is 2. The number of alkyl halides is 3. The van der Waals surface area contributed by atoms with Gasteiger partial charge in [-0.2, -0.15) is 13.2 Å². The highest BCUT2D eigenvalue weighted by Gasteiger charge is 2.26. The molecule has 0 unspecified atom stereocenters. The van der Waals surface area contributed by atoms with Gasteiger partial charge in [-0.3, -0.25) is 0 Å². The Balaban J connectivity index is 2.56. The SMILES string of the molecule is CCNC(=NCc1sc(C)nc1C)NCCC(F)(F)F. The molecule has 8 heteroatoms.